The van der Waals surface area contributed by atoms with Gasteiger partial charge in [-0.1, -0.05) is 18.2 Å². The summed E-state index contributed by atoms with van der Waals surface area (Å²) < 4.78 is 5.40. The van der Waals surface area contributed by atoms with Crippen LogP contribution in [0.4, 0.5) is 5.69 Å². The Balaban J connectivity index is 1.79. The molecular weight excluding hydrogens is 378 g/mol. The molecule has 0 spiro atoms. The van der Waals surface area contributed by atoms with Gasteiger partial charge in [0.25, 0.3) is 0 Å². The highest BCUT2D eigenvalue weighted by atomic mass is 16.5. The Morgan fingerprint density at radius 2 is 1.97 bits per heavy atom. The largest absolute Gasteiger partial charge is 0.497 e. The van der Waals surface area contributed by atoms with Crippen molar-refractivity contribution in [2.75, 3.05) is 52.8 Å². The Bertz CT molecular complexity index is 930. The molecule has 2 heterocycles. The molecule has 2 aromatic rings. The second kappa shape index (κ2) is 8.28. The lowest BCUT2D eigenvalue weighted by molar-refractivity contribution is -0.133. The molecule has 0 unspecified atom stereocenters. The summed E-state index contributed by atoms with van der Waals surface area (Å²) >= 11 is 0. The molecule has 6 nitrogen and oxygen atoms in total. The fourth-order valence-corrected chi connectivity index (χ4v) is 5.08. The van der Waals surface area contributed by atoms with Crippen molar-refractivity contribution in [2.45, 2.75) is 18.5 Å². The highest BCUT2D eigenvalue weighted by Crippen LogP contribution is 2.49. The number of nitrogens with zero attached hydrogens (tertiary/aromatic N) is 3. The van der Waals surface area contributed by atoms with Crippen molar-refractivity contribution in [3.8, 4) is 16.9 Å². The van der Waals surface area contributed by atoms with Crippen LogP contribution in [0.1, 0.15) is 18.0 Å². The summed E-state index contributed by atoms with van der Waals surface area (Å²) in [5, 5.41) is 10.1. The molecule has 1 saturated heterocycles. The number of likely N-dealkylation sites (tertiary alicyclic amines) is 1. The van der Waals surface area contributed by atoms with Gasteiger partial charge in [-0.25, -0.2) is 0 Å². The smallest absolute Gasteiger partial charge is 0.237 e. The van der Waals surface area contributed by atoms with Crippen molar-refractivity contribution in [3.05, 3.63) is 48.0 Å². The molecule has 4 rings (SSSR count). The Hall–Kier alpha value is -2.57. The normalized spacial score (nSPS) is 22.8. The third-order valence-electron chi connectivity index (χ3n) is 6.52. The van der Waals surface area contributed by atoms with Gasteiger partial charge in [-0.15, -0.1) is 0 Å². The molecule has 0 bridgehead atoms. The molecule has 1 fully saturated rings. The summed E-state index contributed by atoms with van der Waals surface area (Å²) in [6, 6.07) is 14.5. The van der Waals surface area contributed by atoms with E-state index in [2.05, 4.69) is 29.2 Å². The number of benzene rings is 2. The predicted octanol–water partition coefficient (Wildman–Crippen LogP) is 2.62. The maximum absolute atomic E-state index is 13.0. The number of aliphatic hydroxyl groups is 1. The standard InChI is InChI=1S/C24H31N3O3/c1-25(2)14-23(29)27-11-10-19-22(15-28)26(3)21-9-8-17(13-20(21)24(19)27)16-6-5-7-18(12-16)30-4/h5-9,12-13,19,22,24,28H,10-11,14-15H2,1-4H3/t19-,22-,24-/m0/s1. The van der Waals surface area contributed by atoms with E-state index in [-0.39, 0.29) is 30.5 Å². The van der Waals surface area contributed by atoms with Gasteiger partial charge in [0.1, 0.15) is 5.75 Å². The van der Waals surface area contributed by atoms with Crippen LogP contribution < -0.4 is 9.64 Å². The zero-order valence-corrected chi connectivity index (χ0v) is 18.2. The molecule has 2 aliphatic heterocycles. The minimum absolute atomic E-state index is 0.00800. The monoisotopic (exact) mass is 409 g/mol. The minimum atomic E-state index is -0.00800. The third-order valence-corrected chi connectivity index (χ3v) is 6.52. The number of rotatable bonds is 5. The van der Waals surface area contributed by atoms with Crippen molar-refractivity contribution in [1.82, 2.24) is 9.80 Å². The lowest BCUT2D eigenvalue weighted by Crippen LogP contribution is -2.49. The van der Waals surface area contributed by atoms with Gasteiger partial charge < -0.3 is 24.5 Å². The van der Waals surface area contributed by atoms with E-state index < -0.39 is 0 Å². The molecule has 1 N–H and O–H groups in total. The fourth-order valence-electron chi connectivity index (χ4n) is 5.08. The number of carbonyl (C=O) groups is 1. The zero-order valence-electron chi connectivity index (χ0n) is 18.2. The first kappa shape index (κ1) is 20.7. The molecular formula is C24H31N3O3. The average Bonchev–Trinajstić information content (AvgIpc) is 3.18. The van der Waals surface area contributed by atoms with Gasteiger partial charge in [-0.2, -0.15) is 0 Å². The number of aliphatic hydroxyl groups excluding tert-OH is 1. The molecule has 2 aromatic carbocycles. The quantitative estimate of drug-likeness (QED) is 0.823. The Morgan fingerprint density at radius 3 is 2.67 bits per heavy atom. The molecule has 3 atom stereocenters. The summed E-state index contributed by atoms with van der Waals surface area (Å²) in [6.45, 7) is 1.22. The number of methoxy groups -OCH3 is 1. The Kier molecular flexibility index (Phi) is 5.71. The van der Waals surface area contributed by atoms with Crippen LogP contribution in [0.5, 0.6) is 5.75 Å². The van der Waals surface area contributed by atoms with E-state index in [1.54, 1.807) is 7.11 Å². The van der Waals surface area contributed by atoms with E-state index >= 15 is 0 Å². The lowest BCUT2D eigenvalue weighted by Gasteiger charge is -2.44. The first-order valence-electron chi connectivity index (χ1n) is 10.5. The van der Waals surface area contributed by atoms with E-state index in [9.17, 15) is 9.90 Å². The molecule has 6 heteroatoms. The first-order valence-corrected chi connectivity index (χ1v) is 10.5. The van der Waals surface area contributed by atoms with Crippen LogP contribution in [0.2, 0.25) is 0 Å². The number of amides is 1. The minimum Gasteiger partial charge on any atom is -0.497 e. The van der Waals surface area contributed by atoms with Crippen molar-refractivity contribution in [1.29, 1.82) is 0 Å². The number of likely N-dealkylation sites (N-methyl/N-ethyl adjacent to an activating group) is 2. The van der Waals surface area contributed by atoms with Gasteiger partial charge in [0.15, 0.2) is 0 Å². The topological polar surface area (TPSA) is 56.3 Å². The summed E-state index contributed by atoms with van der Waals surface area (Å²) in [5.41, 5.74) is 4.45. The zero-order chi connectivity index (χ0) is 21.4. The molecule has 0 radical (unpaired) electrons. The highest BCUT2D eigenvalue weighted by molar-refractivity contribution is 5.80. The van der Waals surface area contributed by atoms with Crippen LogP contribution in [0.25, 0.3) is 11.1 Å². The number of carbonyl (C=O) groups excluding carboxylic acids is 1. The lowest BCUT2D eigenvalue weighted by atomic mass is 9.81. The molecule has 2 aliphatic rings. The fraction of sp³-hybridized carbons (Fsp3) is 0.458. The SMILES string of the molecule is COc1cccc(-c2ccc3c(c2)[C@@H]2[C@@H](CCN2C(=O)CN(C)C)[C@H](CO)N3C)c1. The van der Waals surface area contributed by atoms with Gasteiger partial charge in [0, 0.05) is 25.2 Å². The molecule has 1 amide bonds. The second-order valence-electron chi connectivity index (χ2n) is 8.59. The van der Waals surface area contributed by atoms with E-state index in [1.165, 1.54) is 0 Å². The van der Waals surface area contributed by atoms with E-state index in [0.29, 0.717) is 6.54 Å². The van der Waals surface area contributed by atoms with E-state index in [0.717, 1.165) is 41.1 Å². The molecule has 0 aliphatic carbocycles. The van der Waals surface area contributed by atoms with Crippen LogP contribution in [-0.4, -0.2) is 74.8 Å². The number of fused-ring (bicyclic) bond motifs is 3. The van der Waals surface area contributed by atoms with Gasteiger partial charge in [0.05, 0.1) is 32.3 Å². The summed E-state index contributed by atoms with van der Waals surface area (Å²) in [5.74, 6) is 1.19. The second-order valence-corrected chi connectivity index (χ2v) is 8.59. The van der Waals surface area contributed by atoms with Crippen LogP contribution in [0, 0.1) is 5.92 Å². The maximum Gasteiger partial charge on any atom is 0.237 e. The van der Waals surface area contributed by atoms with Crippen molar-refractivity contribution >= 4 is 11.6 Å². The Morgan fingerprint density at radius 1 is 1.20 bits per heavy atom. The third kappa shape index (κ3) is 3.55. The molecule has 30 heavy (non-hydrogen) atoms. The highest BCUT2D eigenvalue weighted by Gasteiger charge is 2.47. The summed E-state index contributed by atoms with van der Waals surface area (Å²) in [7, 11) is 7.57. The number of hydrogen-bond donors (Lipinski definition) is 1. The maximum atomic E-state index is 13.0. The number of ether oxygens (including phenoxy) is 1. The summed E-state index contributed by atoms with van der Waals surface area (Å²) in [6.07, 6.45) is 0.905. The summed E-state index contributed by atoms with van der Waals surface area (Å²) in [4.78, 5) is 19.2. The molecule has 0 aromatic heterocycles. The van der Waals surface area contributed by atoms with Crippen LogP contribution in [-0.2, 0) is 4.79 Å². The van der Waals surface area contributed by atoms with Gasteiger partial charge in [-0.3, -0.25) is 4.79 Å². The van der Waals surface area contributed by atoms with Crippen LogP contribution in [0.15, 0.2) is 42.5 Å². The van der Waals surface area contributed by atoms with Crippen molar-refractivity contribution in [2.24, 2.45) is 5.92 Å². The molecule has 0 saturated carbocycles. The Labute approximate surface area is 178 Å². The van der Waals surface area contributed by atoms with Crippen LogP contribution >= 0.6 is 0 Å². The van der Waals surface area contributed by atoms with Gasteiger partial charge in [-0.05, 0) is 61.5 Å². The average molecular weight is 410 g/mol. The number of anilines is 1. The van der Waals surface area contributed by atoms with E-state index in [1.807, 2.05) is 49.1 Å². The first-order chi connectivity index (χ1) is 14.4. The predicted molar refractivity (Wildman–Crippen MR) is 119 cm³/mol. The van der Waals surface area contributed by atoms with E-state index in [4.69, 9.17) is 4.74 Å². The molecule has 160 valence electrons. The van der Waals surface area contributed by atoms with Crippen molar-refractivity contribution in [3.63, 3.8) is 0 Å². The van der Waals surface area contributed by atoms with Gasteiger partial charge >= 0.3 is 0 Å². The van der Waals surface area contributed by atoms with Gasteiger partial charge in [0.2, 0.25) is 5.91 Å². The van der Waals surface area contributed by atoms with Crippen LogP contribution in [0.3, 0.4) is 0 Å². The van der Waals surface area contributed by atoms with Crippen molar-refractivity contribution < 1.29 is 14.6 Å². The number of hydrogen-bond acceptors (Lipinski definition) is 5.